The van der Waals surface area contributed by atoms with Gasteiger partial charge in [-0.3, -0.25) is 4.98 Å². The Hall–Kier alpha value is -1.87. The van der Waals surface area contributed by atoms with E-state index in [1.165, 1.54) is 16.7 Å². The lowest BCUT2D eigenvalue weighted by molar-refractivity contribution is 0.338. The second-order valence-corrected chi connectivity index (χ2v) is 5.43. The predicted octanol–water partition coefficient (Wildman–Crippen LogP) is 3.60. The first kappa shape index (κ1) is 15.5. The Bertz CT molecular complexity index is 575. The molecule has 0 saturated heterocycles. The lowest BCUT2D eigenvalue weighted by Gasteiger charge is -2.18. The first-order valence-corrected chi connectivity index (χ1v) is 7.44. The summed E-state index contributed by atoms with van der Waals surface area (Å²) in [4.78, 5) is 4.28. The third-order valence-electron chi connectivity index (χ3n) is 3.52. The Balaban J connectivity index is 2.21. The number of aromatic nitrogens is 1. The van der Waals surface area contributed by atoms with Gasteiger partial charge in [0.25, 0.3) is 0 Å². The summed E-state index contributed by atoms with van der Waals surface area (Å²) >= 11 is 0. The van der Waals surface area contributed by atoms with Crippen LogP contribution in [0.3, 0.4) is 0 Å². The highest BCUT2D eigenvalue weighted by atomic mass is 16.5. The molecule has 21 heavy (non-hydrogen) atoms. The van der Waals surface area contributed by atoms with E-state index in [1.54, 1.807) is 6.20 Å². The van der Waals surface area contributed by atoms with Crippen LogP contribution in [0, 0.1) is 13.8 Å². The monoisotopic (exact) mass is 284 g/mol. The van der Waals surface area contributed by atoms with Crippen LogP contribution in [0.2, 0.25) is 0 Å². The molecule has 0 aliphatic carbocycles. The van der Waals surface area contributed by atoms with E-state index in [0.717, 1.165) is 17.7 Å². The highest BCUT2D eigenvalue weighted by Crippen LogP contribution is 2.22. The van der Waals surface area contributed by atoms with Crippen molar-refractivity contribution in [1.29, 1.82) is 0 Å². The number of nitrogens with one attached hydrogen (secondary N) is 1. The topological polar surface area (TPSA) is 34.1 Å². The number of likely N-dealkylation sites (N-methyl/N-ethyl adjacent to an activating group) is 1. The van der Waals surface area contributed by atoms with Gasteiger partial charge >= 0.3 is 0 Å². The molecule has 0 amide bonds. The molecule has 1 heterocycles. The molecule has 0 aliphatic heterocycles. The zero-order chi connectivity index (χ0) is 15.2. The van der Waals surface area contributed by atoms with Gasteiger partial charge in [0.1, 0.15) is 5.75 Å². The van der Waals surface area contributed by atoms with Crippen molar-refractivity contribution in [2.75, 3.05) is 13.7 Å². The largest absolute Gasteiger partial charge is 0.492 e. The van der Waals surface area contributed by atoms with Crippen LogP contribution in [0.1, 0.15) is 35.2 Å². The highest BCUT2D eigenvalue weighted by Gasteiger charge is 2.12. The zero-order valence-corrected chi connectivity index (χ0v) is 13.3. The van der Waals surface area contributed by atoms with Crippen LogP contribution in [-0.4, -0.2) is 18.6 Å². The number of hydrogen-bond donors (Lipinski definition) is 1. The van der Waals surface area contributed by atoms with Crippen LogP contribution in [0.25, 0.3) is 0 Å². The molecule has 0 fully saturated rings. The normalized spacial score (nSPS) is 12.2. The van der Waals surface area contributed by atoms with Crippen molar-refractivity contribution in [1.82, 2.24) is 10.3 Å². The van der Waals surface area contributed by atoms with Gasteiger partial charge in [0.05, 0.1) is 12.8 Å². The number of benzene rings is 1. The third kappa shape index (κ3) is 4.30. The van der Waals surface area contributed by atoms with Crippen molar-refractivity contribution >= 4 is 0 Å². The lowest BCUT2D eigenvalue weighted by atomic mass is 9.97. The summed E-state index contributed by atoms with van der Waals surface area (Å²) in [7, 11) is 1.99. The summed E-state index contributed by atoms with van der Waals surface area (Å²) in [6.45, 7) is 6.93. The van der Waals surface area contributed by atoms with Crippen LogP contribution in [0.5, 0.6) is 5.75 Å². The van der Waals surface area contributed by atoms with E-state index in [1.807, 2.05) is 20.2 Å². The van der Waals surface area contributed by atoms with Crippen LogP contribution in [-0.2, 0) is 6.42 Å². The quantitative estimate of drug-likeness (QED) is 0.880. The molecule has 0 radical (unpaired) electrons. The van der Waals surface area contributed by atoms with Gasteiger partial charge < -0.3 is 10.1 Å². The van der Waals surface area contributed by atoms with Crippen molar-refractivity contribution in [2.24, 2.45) is 0 Å². The molecule has 1 aromatic heterocycles. The van der Waals surface area contributed by atoms with Crippen molar-refractivity contribution in [3.63, 3.8) is 0 Å². The third-order valence-corrected chi connectivity index (χ3v) is 3.52. The maximum Gasteiger partial charge on any atom is 0.137 e. The molecule has 3 heteroatoms. The van der Waals surface area contributed by atoms with E-state index >= 15 is 0 Å². The first-order chi connectivity index (χ1) is 10.1. The minimum absolute atomic E-state index is 0.235. The number of rotatable bonds is 6. The molecular weight excluding hydrogens is 260 g/mol. The van der Waals surface area contributed by atoms with E-state index in [4.69, 9.17) is 4.74 Å². The van der Waals surface area contributed by atoms with Crippen LogP contribution < -0.4 is 10.1 Å². The number of aryl methyl sites for hydroxylation is 2. The van der Waals surface area contributed by atoms with Crippen LogP contribution in [0.4, 0.5) is 0 Å². The summed E-state index contributed by atoms with van der Waals surface area (Å²) in [6.07, 6.45) is 4.61. The molecule has 0 saturated carbocycles. The van der Waals surface area contributed by atoms with Crippen LogP contribution in [0.15, 0.2) is 36.7 Å². The standard InChI is InChI=1S/C18H24N2O/c1-5-21-17-10-16(11-20-12-17)18(19-4)9-15-7-13(2)6-14(3)8-15/h6-8,10-12,18-19H,5,9H2,1-4H3. The maximum atomic E-state index is 5.54. The Kier molecular flexibility index (Phi) is 5.34. The van der Waals surface area contributed by atoms with Crippen molar-refractivity contribution in [3.05, 3.63) is 58.9 Å². The summed E-state index contributed by atoms with van der Waals surface area (Å²) in [6, 6.07) is 9.00. The molecular formula is C18H24N2O. The Morgan fingerprint density at radius 3 is 2.43 bits per heavy atom. The second-order valence-electron chi connectivity index (χ2n) is 5.43. The van der Waals surface area contributed by atoms with Gasteiger partial charge in [0.15, 0.2) is 0 Å². The highest BCUT2D eigenvalue weighted by molar-refractivity contribution is 5.32. The minimum Gasteiger partial charge on any atom is -0.492 e. The Morgan fingerprint density at radius 2 is 1.81 bits per heavy atom. The van der Waals surface area contributed by atoms with Crippen molar-refractivity contribution in [3.8, 4) is 5.75 Å². The number of pyridine rings is 1. The van der Waals surface area contributed by atoms with Gasteiger partial charge in [-0.15, -0.1) is 0 Å². The molecule has 0 spiro atoms. The lowest BCUT2D eigenvalue weighted by Crippen LogP contribution is -2.19. The van der Waals surface area contributed by atoms with Gasteiger partial charge in [0, 0.05) is 12.2 Å². The average molecular weight is 284 g/mol. The Morgan fingerprint density at radius 1 is 1.10 bits per heavy atom. The fourth-order valence-electron chi connectivity index (χ4n) is 2.68. The fraction of sp³-hybridized carbons (Fsp3) is 0.389. The number of hydrogen-bond acceptors (Lipinski definition) is 3. The molecule has 2 rings (SSSR count). The smallest absolute Gasteiger partial charge is 0.137 e. The van der Waals surface area contributed by atoms with Gasteiger partial charge in [-0.05, 0) is 51.4 Å². The van der Waals surface area contributed by atoms with Gasteiger partial charge in [-0.2, -0.15) is 0 Å². The summed E-state index contributed by atoms with van der Waals surface area (Å²) in [5, 5.41) is 3.38. The molecule has 1 atom stereocenters. The molecule has 1 aromatic carbocycles. The molecule has 1 N–H and O–H groups in total. The summed E-state index contributed by atoms with van der Waals surface area (Å²) in [5.41, 5.74) is 5.11. The maximum absolute atomic E-state index is 5.54. The molecule has 112 valence electrons. The molecule has 1 unspecified atom stereocenters. The van der Waals surface area contributed by atoms with E-state index in [-0.39, 0.29) is 6.04 Å². The first-order valence-electron chi connectivity index (χ1n) is 7.44. The van der Waals surface area contributed by atoms with E-state index < -0.39 is 0 Å². The van der Waals surface area contributed by atoms with Gasteiger partial charge in [-0.25, -0.2) is 0 Å². The molecule has 2 aromatic rings. The SMILES string of the molecule is CCOc1cncc(C(Cc2cc(C)cc(C)c2)NC)c1. The van der Waals surface area contributed by atoms with E-state index in [2.05, 4.69) is 48.4 Å². The zero-order valence-electron chi connectivity index (χ0n) is 13.3. The summed E-state index contributed by atoms with van der Waals surface area (Å²) in [5.74, 6) is 0.829. The minimum atomic E-state index is 0.235. The fourth-order valence-corrected chi connectivity index (χ4v) is 2.68. The van der Waals surface area contributed by atoms with Crippen LogP contribution >= 0.6 is 0 Å². The van der Waals surface area contributed by atoms with Gasteiger partial charge in [0.2, 0.25) is 0 Å². The van der Waals surface area contributed by atoms with E-state index in [0.29, 0.717) is 6.61 Å². The van der Waals surface area contributed by atoms with E-state index in [9.17, 15) is 0 Å². The van der Waals surface area contributed by atoms with Crippen molar-refractivity contribution < 1.29 is 4.74 Å². The molecule has 0 aliphatic rings. The average Bonchev–Trinajstić information content (AvgIpc) is 2.44. The molecule has 0 bridgehead atoms. The predicted molar refractivity (Wildman–Crippen MR) is 86.8 cm³/mol. The van der Waals surface area contributed by atoms with Crippen molar-refractivity contribution in [2.45, 2.75) is 33.2 Å². The van der Waals surface area contributed by atoms with Gasteiger partial charge in [-0.1, -0.05) is 29.3 Å². The second kappa shape index (κ2) is 7.23. The number of nitrogens with zero attached hydrogens (tertiary/aromatic N) is 1. The number of ether oxygens (including phenoxy) is 1. The molecule has 3 nitrogen and oxygen atoms in total. The summed E-state index contributed by atoms with van der Waals surface area (Å²) < 4.78 is 5.54. The Labute approximate surface area is 127 Å².